The fraction of sp³-hybridized carbons (Fsp3) is 0.769. The number of aliphatic carboxylic acids is 1. The lowest BCUT2D eigenvalue weighted by molar-refractivity contribution is -0.138. The zero-order valence-electron chi connectivity index (χ0n) is 11.6. The summed E-state index contributed by atoms with van der Waals surface area (Å²) in [6, 6.07) is 0. The predicted octanol–water partition coefficient (Wildman–Crippen LogP) is 1.23. The predicted molar refractivity (Wildman–Crippen MR) is 70.5 cm³/mol. The Morgan fingerprint density at radius 3 is 3.05 bits per heavy atom. The third-order valence-corrected chi connectivity index (χ3v) is 3.43. The number of carbonyl (C=O) groups is 1. The number of hydrogen-bond donors (Lipinski definition) is 1. The molecule has 2 rings (SSSR count). The van der Waals surface area contributed by atoms with Crippen molar-refractivity contribution >= 4 is 5.97 Å². The summed E-state index contributed by atoms with van der Waals surface area (Å²) in [7, 11) is 0. The van der Waals surface area contributed by atoms with Gasteiger partial charge >= 0.3 is 5.97 Å². The molecule has 1 aromatic rings. The van der Waals surface area contributed by atoms with E-state index in [1.54, 1.807) is 6.33 Å². The van der Waals surface area contributed by atoms with E-state index in [0.717, 1.165) is 38.4 Å². The van der Waals surface area contributed by atoms with E-state index in [1.807, 2.05) is 4.68 Å². The first-order valence-electron chi connectivity index (χ1n) is 6.85. The van der Waals surface area contributed by atoms with Gasteiger partial charge in [-0.1, -0.05) is 13.8 Å². The molecular weight excluding hydrogens is 244 g/mol. The number of aromatic nitrogens is 3. The Bertz CT molecular complexity index is 430. The molecule has 6 heteroatoms. The molecule has 1 N–H and O–H groups in total. The highest BCUT2D eigenvalue weighted by Gasteiger charge is 2.25. The first-order valence-corrected chi connectivity index (χ1v) is 6.85. The summed E-state index contributed by atoms with van der Waals surface area (Å²) in [5.74, 6) is 1.09. The van der Waals surface area contributed by atoms with Crippen molar-refractivity contribution in [2.75, 3.05) is 13.1 Å². The van der Waals surface area contributed by atoms with Gasteiger partial charge in [0.25, 0.3) is 0 Å². The molecule has 1 atom stereocenters. The summed E-state index contributed by atoms with van der Waals surface area (Å²) in [4.78, 5) is 17.3. The van der Waals surface area contributed by atoms with Crippen molar-refractivity contribution in [1.82, 2.24) is 19.7 Å². The molecule has 0 radical (unpaired) electrons. The highest BCUT2D eigenvalue weighted by Crippen LogP contribution is 2.21. The van der Waals surface area contributed by atoms with E-state index < -0.39 is 5.97 Å². The van der Waals surface area contributed by atoms with Crippen LogP contribution in [0.15, 0.2) is 6.33 Å². The molecule has 0 spiro atoms. The van der Waals surface area contributed by atoms with E-state index in [-0.39, 0.29) is 12.3 Å². The average molecular weight is 266 g/mol. The zero-order valence-corrected chi connectivity index (χ0v) is 11.6. The van der Waals surface area contributed by atoms with Gasteiger partial charge in [-0.3, -0.25) is 9.69 Å². The van der Waals surface area contributed by atoms with E-state index in [4.69, 9.17) is 5.11 Å². The van der Waals surface area contributed by atoms with Gasteiger partial charge in [0.15, 0.2) is 0 Å². The summed E-state index contributed by atoms with van der Waals surface area (Å²) >= 11 is 0. The van der Waals surface area contributed by atoms with Gasteiger partial charge in [0.2, 0.25) is 0 Å². The molecule has 0 amide bonds. The van der Waals surface area contributed by atoms with Gasteiger partial charge in [-0.2, -0.15) is 5.10 Å². The summed E-state index contributed by atoms with van der Waals surface area (Å²) in [6.45, 7) is 7.76. The van der Waals surface area contributed by atoms with Crippen LogP contribution in [0.25, 0.3) is 0 Å². The largest absolute Gasteiger partial charge is 0.481 e. The molecule has 1 saturated heterocycles. The number of carboxylic acids is 1. The second kappa shape index (κ2) is 6.14. The molecular formula is C13H22N4O2. The molecule has 1 aromatic heterocycles. The van der Waals surface area contributed by atoms with Crippen molar-refractivity contribution in [1.29, 1.82) is 0 Å². The molecule has 1 fully saturated rings. The molecule has 0 bridgehead atoms. The lowest BCUT2D eigenvalue weighted by atomic mass is 10.1. The minimum Gasteiger partial charge on any atom is -0.481 e. The molecule has 106 valence electrons. The minimum atomic E-state index is -0.699. The van der Waals surface area contributed by atoms with Crippen LogP contribution in [0.5, 0.6) is 0 Å². The first-order chi connectivity index (χ1) is 9.04. The quantitative estimate of drug-likeness (QED) is 0.838. The third kappa shape index (κ3) is 4.02. The van der Waals surface area contributed by atoms with Crippen molar-refractivity contribution in [3.05, 3.63) is 12.2 Å². The maximum atomic E-state index is 10.7. The van der Waals surface area contributed by atoms with Crippen LogP contribution in [0.4, 0.5) is 0 Å². The number of nitrogens with zero attached hydrogens (tertiary/aromatic N) is 4. The topological polar surface area (TPSA) is 71.2 Å². The van der Waals surface area contributed by atoms with E-state index in [2.05, 4.69) is 28.8 Å². The van der Waals surface area contributed by atoms with Gasteiger partial charge in [0.05, 0.1) is 6.54 Å². The van der Waals surface area contributed by atoms with Crippen LogP contribution in [0, 0.1) is 11.8 Å². The smallest absolute Gasteiger partial charge is 0.303 e. The Labute approximate surface area is 113 Å². The summed E-state index contributed by atoms with van der Waals surface area (Å²) in [5.41, 5.74) is 0. The Balaban J connectivity index is 1.88. The van der Waals surface area contributed by atoms with E-state index in [1.165, 1.54) is 0 Å². The van der Waals surface area contributed by atoms with Crippen LogP contribution in [0.1, 0.15) is 32.5 Å². The van der Waals surface area contributed by atoms with Crippen LogP contribution in [0.2, 0.25) is 0 Å². The Morgan fingerprint density at radius 1 is 1.58 bits per heavy atom. The number of likely N-dealkylation sites (tertiary alicyclic amines) is 1. The molecule has 1 aliphatic heterocycles. The van der Waals surface area contributed by atoms with Gasteiger partial charge in [-0.15, -0.1) is 0 Å². The fourth-order valence-corrected chi connectivity index (χ4v) is 2.58. The lowest BCUT2D eigenvalue weighted by Crippen LogP contribution is -2.24. The summed E-state index contributed by atoms with van der Waals surface area (Å²) in [6.07, 6.45) is 2.84. The molecule has 2 heterocycles. The molecule has 0 saturated carbocycles. The highest BCUT2D eigenvalue weighted by atomic mass is 16.4. The molecule has 6 nitrogen and oxygen atoms in total. The fourth-order valence-electron chi connectivity index (χ4n) is 2.58. The van der Waals surface area contributed by atoms with Crippen LogP contribution < -0.4 is 0 Å². The number of carboxylic acid groups (broad SMARTS) is 1. The average Bonchev–Trinajstić information content (AvgIpc) is 2.89. The monoisotopic (exact) mass is 266 g/mol. The van der Waals surface area contributed by atoms with Gasteiger partial charge in [-0.25, -0.2) is 9.67 Å². The van der Waals surface area contributed by atoms with Crippen LogP contribution in [-0.2, 0) is 17.9 Å². The molecule has 1 unspecified atom stereocenters. The molecule has 0 aliphatic carbocycles. The minimum absolute atomic E-state index is 0.273. The molecule has 1 aliphatic rings. The standard InChI is InChI=1S/C13H22N4O2/c1-10(2)6-17-12(14-9-15-17)8-16-4-3-11(7-16)5-13(18)19/h9-11H,3-8H2,1-2H3,(H,18,19). The summed E-state index contributed by atoms with van der Waals surface area (Å²) in [5, 5.41) is 13.1. The Kier molecular flexibility index (Phi) is 4.52. The second-order valence-corrected chi connectivity index (χ2v) is 5.74. The van der Waals surface area contributed by atoms with Gasteiger partial charge < -0.3 is 5.11 Å². The highest BCUT2D eigenvalue weighted by molar-refractivity contribution is 5.67. The van der Waals surface area contributed by atoms with E-state index in [0.29, 0.717) is 5.92 Å². The van der Waals surface area contributed by atoms with Crippen molar-refractivity contribution < 1.29 is 9.90 Å². The maximum Gasteiger partial charge on any atom is 0.303 e. The third-order valence-electron chi connectivity index (χ3n) is 3.43. The van der Waals surface area contributed by atoms with Crippen LogP contribution in [-0.4, -0.2) is 43.8 Å². The SMILES string of the molecule is CC(C)Cn1ncnc1CN1CCC(CC(=O)O)C1. The number of rotatable bonds is 6. The van der Waals surface area contributed by atoms with E-state index in [9.17, 15) is 4.79 Å². The van der Waals surface area contributed by atoms with Crippen molar-refractivity contribution in [3.63, 3.8) is 0 Å². The first kappa shape index (κ1) is 14.0. The van der Waals surface area contributed by atoms with Crippen LogP contribution in [0.3, 0.4) is 0 Å². The van der Waals surface area contributed by atoms with Crippen molar-refractivity contribution in [2.45, 2.75) is 39.8 Å². The van der Waals surface area contributed by atoms with Crippen molar-refractivity contribution in [2.24, 2.45) is 11.8 Å². The van der Waals surface area contributed by atoms with E-state index >= 15 is 0 Å². The Morgan fingerprint density at radius 2 is 2.37 bits per heavy atom. The summed E-state index contributed by atoms with van der Waals surface area (Å²) < 4.78 is 1.95. The second-order valence-electron chi connectivity index (χ2n) is 5.74. The van der Waals surface area contributed by atoms with Crippen molar-refractivity contribution in [3.8, 4) is 0 Å². The lowest BCUT2D eigenvalue weighted by Gasteiger charge is -2.16. The van der Waals surface area contributed by atoms with Gasteiger partial charge in [0.1, 0.15) is 12.2 Å². The van der Waals surface area contributed by atoms with Crippen LogP contribution >= 0.6 is 0 Å². The van der Waals surface area contributed by atoms with Gasteiger partial charge in [-0.05, 0) is 24.8 Å². The zero-order chi connectivity index (χ0) is 13.8. The maximum absolute atomic E-state index is 10.7. The van der Waals surface area contributed by atoms with Gasteiger partial charge in [0, 0.05) is 19.5 Å². The molecule has 0 aromatic carbocycles. The normalized spacial score (nSPS) is 20.3. The molecule has 19 heavy (non-hydrogen) atoms. The Hall–Kier alpha value is -1.43. The number of hydrogen-bond acceptors (Lipinski definition) is 4.